The first-order chi connectivity index (χ1) is 21.2. The lowest BCUT2D eigenvalue weighted by Gasteiger charge is -2.42. The van der Waals surface area contributed by atoms with Crippen molar-refractivity contribution in [3.8, 4) is 0 Å². The molecule has 256 valence electrons. The van der Waals surface area contributed by atoms with Crippen LogP contribution < -0.4 is 21.3 Å². The third-order valence-corrected chi connectivity index (χ3v) is 8.81. The summed E-state index contributed by atoms with van der Waals surface area (Å²) in [4.78, 5) is 50.8. The molecule has 7 atom stereocenters. The fourth-order valence-electron chi connectivity index (χ4n) is 6.08. The average molecular weight is 640 g/mol. The number of likely N-dealkylation sites (N-methyl/N-ethyl adjacent to an activating group) is 2. The quantitative estimate of drug-likeness (QED) is 0.142. The van der Waals surface area contributed by atoms with Gasteiger partial charge in [0.1, 0.15) is 30.0 Å². The summed E-state index contributed by atoms with van der Waals surface area (Å²) in [5, 5.41) is 10.5. The maximum absolute atomic E-state index is 13.1. The molecular formula is C31H53N5O9. The first-order valence-electron chi connectivity index (χ1n) is 15.8. The lowest BCUT2D eigenvalue weighted by atomic mass is 9.68. The van der Waals surface area contributed by atoms with E-state index in [1.54, 1.807) is 26.1 Å². The van der Waals surface area contributed by atoms with E-state index in [2.05, 4.69) is 48.1 Å². The lowest BCUT2D eigenvalue weighted by molar-refractivity contribution is -0.121. The highest BCUT2D eigenvalue weighted by Crippen LogP contribution is 2.59. The van der Waals surface area contributed by atoms with Crippen LogP contribution >= 0.6 is 0 Å². The van der Waals surface area contributed by atoms with E-state index in [1.807, 2.05) is 13.8 Å². The molecule has 3 aliphatic rings. The van der Waals surface area contributed by atoms with Gasteiger partial charge in [-0.05, 0) is 60.0 Å². The number of ether oxygens (including phenoxy) is 5. The van der Waals surface area contributed by atoms with E-state index in [-0.39, 0.29) is 49.1 Å². The molecule has 0 aromatic heterocycles. The van der Waals surface area contributed by atoms with Crippen molar-refractivity contribution in [1.82, 2.24) is 26.2 Å². The van der Waals surface area contributed by atoms with Gasteiger partial charge in [0.05, 0.1) is 37.8 Å². The normalized spacial score (nSPS) is 29.1. The minimum absolute atomic E-state index is 0.0422. The molecule has 1 aliphatic carbocycles. The van der Waals surface area contributed by atoms with Crippen LogP contribution in [0.15, 0.2) is 11.6 Å². The van der Waals surface area contributed by atoms with Crippen molar-refractivity contribution in [2.24, 2.45) is 11.8 Å². The Labute approximate surface area is 266 Å². The smallest absolute Gasteiger partial charge is 0.413 e. The topological polar surface area (TPSA) is 172 Å². The zero-order chi connectivity index (χ0) is 33.4. The van der Waals surface area contributed by atoms with Crippen molar-refractivity contribution in [3.63, 3.8) is 0 Å². The number of allylic oxidation sites excluding steroid dienone is 1. The predicted molar refractivity (Wildman–Crippen MR) is 165 cm³/mol. The number of rotatable bonds is 16. The Morgan fingerprint density at radius 3 is 2.44 bits per heavy atom. The zero-order valence-corrected chi connectivity index (χ0v) is 28.0. The summed E-state index contributed by atoms with van der Waals surface area (Å²) >= 11 is 0. The van der Waals surface area contributed by atoms with Crippen LogP contribution in [0.5, 0.6) is 0 Å². The lowest BCUT2D eigenvalue weighted by Crippen LogP contribution is -2.56. The Kier molecular flexibility index (Phi) is 13.2. The van der Waals surface area contributed by atoms with E-state index in [1.165, 1.54) is 5.57 Å². The first-order valence-corrected chi connectivity index (χ1v) is 15.8. The summed E-state index contributed by atoms with van der Waals surface area (Å²) in [6.45, 7) is 11.4. The van der Waals surface area contributed by atoms with Crippen molar-refractivity contribution in [2.75, 3.05) is 60.6 Å². The minimum Gasteiger partial charge on any atom is -0.447 e. The highest BCUT2D eigenvalue weighted by molar-refractivity contribution is 5.92. The second-order valence-corrected chi connectivity index (χ2v) is 13.1. The molecule has 0 aromatic carbocycles. The van der Waals surface area contributed by atoms with Crippen LogP contribution in [0.1, 0.15) is 53.9 Å². The second kappa shape index (κ2) is 16.2. The molecule has 2 heterocycles. The molecule has 0 bridgehead atoms. The molecule has 3 fully saturated rings. The van der Waals surface area contributed by atoms with Gasteiger partial charge in [-0.1, -0.05) is 25.5 Å². The number of nitrogens with zero attached hydrogens (tertiary/aromatic N) is 1. The third-order valence-electron chi connectivity index (χ3n) is 8.81. The molecule has 3 unspecified atom stereocenters. The molecule has 1 spiro atoms. The first kappa shape index (κ1) is 36.7. The van der Waals surface area contributed by atoms with Gasteiger partial charge in [0, 0.05) is 20.2 Å². The standard InChI is InChI=1S/C31H53N5O9/c1-19(2)9-10-23-30(5,45-23)27-26(41-8)22(11-12-31(27)18-43-31)44-29(40)34-21(20(3)4)17-42-28(39)35-25(38)16-36(7)14-13-33-24(37)15-32-6/h9,20-23,26-27,32H,10-18H2,1-8H3,(H,33,37)(H,34,40)(H,35,38,39)/t21-,22?,23+,26?,27?,30+,31-/m0/s1. The number of imide groups is 1. The van der Waals surface area contributed by atoms with Crippen LogP contribution in [0.3, 0.4) is 0 Å². The van der Waals surface area contributed by atoms with Gasteiger partial charge >= 0.3 is 12.2 Å². The molecule has 2 aliphatic heterocycles. The molecule has 3 rings (SSSR count). The monoisotopic (exact) mass is 639 g/mol. The summed E-state index contributed by atoms with van der Waals surface area (Å²) in [6.07, 6.45) is 1.85. The van der Waals surface area contributed by atoms with Crippen molar-refractivity contribution >= 4 is 24.0 Å². The second-order valence-electron chi connectivity index (χ2n) is 13.1. The Hall–Kier alpha value is -2.78. The summed E-state index contributed by atoms with van der Waals surface area (Å²) in [5.74, 6) is -0.896. The minimum atomic E-state index is -0.916. The van der Waals surface area contributed by atoms with Crippen LogP contribution in [0, 0.1) is 11.8 Å². The number of amides is 4. The third kappa shape index (κ3) is 10.4. The molecule has 14 nitrogen and oxygen atoms in total. The van der Waals surface area contributed by atoms with Crippen molar-refractivity contribution in [3.05, 3.63) is 11.6 Å². The number of epoxide rings is 2. The van der Waals surface area contributed by atoms with E-state index < -0.39 is 41.9 Å². The van der Waals surface area contributed by atoms with Crippen LogP contribution in [0.2, 0.25) is 0 Å². The van der Waals surface area contributed by atoms with Gasteiger partial charge in [-0.3, -0.25) is 19.8 Å². The summed E-state index contributed by atoms with van der Waals surface area (Å²) in [5.41, 5.74) is 0.453. The molecule has 0 radical (unpaired) electrons. The van der Waals surface area contributed by atoms with E-state index in [4.69, 9.17) is 23.7 Å². The van der Waals surface area contributed by atoms with Crippen molar-refractivity contribution < 1.29 is 42.9 Å². The fraction of sp³-hybridized carbons (Fsp3) is 0.806. The zero-order valence-electron chi connectivity index (χ0n) is 28.0. The van der Waals surface area contributed by atoms with Gasteiger partial charge in [-0.2, -0.15) is 0 Å². The SMILES string of the molecule is CNCC(=O)NCCN(C)CC(=O)NC(=O)OC[C@H](NC(=O)OC1CC[C@]2(CO2)C([C@]2(C)O[C@@H]2CC=C(C)C)C1OC)C(C)C. The van der Waals surface area contributed by atoms with Gasteiger partial charge < -0.3 is 39.6 Å². The van der Waals surface area contributed by atoms with E-state index in [0.717, 1.165) is 12.8 Å². The Balaban J connectivity index is 1.47. The number of carbonyl (C=O) groups is 4. The van der Waals surface area contributed by atoms with Gasteiger partial charge in [0.2, 0.25) is 11.8 Å². The Morgan fingerprint density at radius 2 is 1.84 bits per heavy atom. The Bertz CT molecular complexity index is 1080. The van der Waals surface area contributed by atoms with Gasteiger partial charge in [0.15, 0.2) is 0 Å². The van der Waals surface area contributed by atoms with Gasteiger partial charge in [-0.25, -0.2) is 9.59 Å². The number of nitrogens with one attached hydrogen (secondary N) is 4. The van der Waals surface area contributed by atoms with E-state index >= 15 is 0 Å². The molecule has 4 N–H and O–H groups in total. The molecule has 2 saturated heterocycles. The molecule has 4 amide bonds. The van der Waals surface area contributed by atoms with Gasteiger partial charge in [-0.15, -0.1) is 0 Å². The molecule has 0 aromatic rings. The average Bonchev–Trinajstić information content (AvgIpc) is 3.87. The maximum Gasteiger partial charge on any atom is 0.413 e. The Morgan fingerprint density at radius 1 is 1.13 bits per heavy atom. The molecule has 1 saturated carbocycles. The summed E-state index contributed by atoms with van der Waals surface area (Å²) in [6, 6.07) is -0.557. The van der Waals surface area contributed by atoms with Crippen LogP contribution in [-0.4, -0.2) is 125 Å². The molecule has 14 heteroatoms. The number of alkyl carbamates (subject to hydrolysis) is 2. The van der Waals surface area contributed by atoms with Crippen LogP contribution in [0.25, 0.3) is 0 Å². The number of hydrogen-bond acceptors (Lipinski definition) is 11. The predicted octanol–water partition coefficient (Wildman–Crippen LogP) is 1.33. The van der Waals surface area contributed by atoms with E-state index in [0.29, 0.717) is 26.1 Å². The fourth-order valence-corrected chi connectivity index (χ4v) is 6.08. The largest absolute Gasteiger partial charge is 0.447 e. The number of methoxy groups -OCH3 is 1. The molecule has 45 heavy (non-hydrogen) atoms. The maximum atomic E-state index is 13.1. The summed E-state index contributed by atoms with van der Waals surface area (Å²) < 4.78 is 29.3. The highest BCUT2D eigenvalue weighted by atomic mass is 16.6. The van der Waals surface area contributed by atoms with Crippen molar-refractivity contribution in [1.29, 1.82) is 0 Å². The summed E-state index contributed by atoms with van der Waals surface area (Å²) in [7, 11) is 4.99. The number of carbonyl (C=O) groups excluding carboxylic acids is 4. The molecular weight excluding hydrogens is 586 g/mol. The van der Waals surface area contributed by atoms with Crippen LogP contribution in [0.4, 0.5) is 9.59 Å². The van der Waals surface area contributed by atoms with Crippen LogP contribution in [-0.2, 0) is 33.3 Å². The van der Waals surface area contributed by atoms with E-state index in [9.17, 15) is 19.2 Å². The van der Waals surface area contributed by atoms with Gasteiger partial charge in [0.25, 0.3) is 0 Å². The van der Waals surface area contributed by atoms with Crippen molar-refractivity contribution in [2.45, 2.75) is 89.4 Å². The number of hydrogen-bond donors (Lipinski definition) is 4. The highest BCUT2D eigenvalue weighted by Gasteiger charge is 2.72.